The van der Waals surface area contributed by atoms with E-state index < -0.39 is 6.10 Å². The van der Waals surface area contributed by atoms with Gasteiger partial charge in [-0.3, -0.25) is 9.69 Å². The fourth-order valence-electron chi connectivity index (χ4n) is 3.34. The van der Waals surface area contributed by atoms with Crippen LogP contribution in [0.2, 0.25) is 0 Å². The number of carbonyl (C=O) groups excluding carboxylic acids is 1. The van der Waals surface area contributed by atoms with Crippen LogP contribution in [0.5, 0.6) is 5.75 Å². The Morgan fingerprint density at radius 3 is 2.36 bits per heavy atom. The summed E-state index contributed by atoms with van der Waals surface area (Å²) in [5, 5.41) is 11.7. The molecule has 3 rings (SSSR count). The Bertz CT molecular complexity index is 803. The molecule has 1 heterocycles. The molecule has 1 saturated heterocycles. The number of nitrogens with one attached hydrogen (secondary N) is 1. The highest BCUT2D eigenvalue weighted by Gasteiger charge is 2.14. The maximum atomic E-state index is 12.3. The number of ether oxygens (including phenoxy) is 1. The lowest BCUT2D eigenvalue weighted by molar-refractivity contribution is -0.127. The van der Waals surface area contributed by atoms with Crippen molar-refractivity contribution < 1.29 is 9.53 Å². The van der Waals surface area contributed by atoms with Crippen molar-refractivity contribution in [1.29, 1.82) is 5.26 Å². The second kappa shape index (κ2) is 9.91. The van der Waals surface area contributed by atoms with E-state index >= 15 is 0 Å². The molecule has 0 aromatic heterocycles. The lowest BCUT2D eigenvalue weighted by atomic mass is 10.1. The van der Waals surface area contributed by atoms with E-state index in [1.165, 1.54) is 37.9 Å². The molecule has 2 aromatic carbocycles. The van der Waals surface area contributed by atoms with E-state index in [2.05, 4.69) is 40.6 Å². The number of nitrogens with zero attached hydrogens (tertiary/aromatic N) is 2. The molecule has 2 aromatic rings. The number of hydrogen-bond acceptors (Lipinski definition) is 4. The van der Waals surface area contributed by atoms with Gasteiger partial charge in [0.25, 0.3) is 5.91 Å². The summed E-state index contributed by atoms with van der Waals surface area (Å²) in [5.74, 6) is 0.408. The van der Waals surface area contributed by atoms with E-state index in [0.717, 1.165) is 12.1 Å². The van der Waals surface area contributed by atoms with Crippen molar-refractivity contribution in [3.05, 3.63) is 65.2 Å². The summed E-state index contributed by atoms with van der Waals surface area (Å²) in [4.78, 5) is 14.8. The molecule has 1 aliphatic rings. The second-order valence-electron chi connectivity index (χ2n) is 7.27. The van der Waals surface area contributed by atoms with Gasteiger partial charge in [0.15, 0.2) is 6.10 Å². The zero-order chi connectivity index (χ0) is 19.8. The fraction of sp³-hybridized carbons (Fsp3) is 0.391. The molecule has 0 aliphatic carbocycles. The maximum Gasteiger partial charge on any atom is 0.261 e. The Kier molecular flexibility index (Phi) is 7.05. The predicted molar refractivity (Wildman–Crippen MR) is 109 cm³/mol. The molecule has 0 unspecified atom stereocenters. The average molecular weight is 377 g/mol. The van der Waals surface area contributed by atoms with Crippen molar-refractivity contribution in [3.8, 4) is 11.8 Å². The third kappa shape index (κ3) is 5.83. The molecule has 1 N–H and O–H groups in total. The standard InChI is InChI=1S/C23H27N3O2/c1-18(28-22-11-9-19(15-24)10-12-22)23(27)25-16-20-5-7-21(8-6-20)17-26-13-3-2-4-14-26/h5-12,18H,2-4,13-14,16-17H2,1H3,(H,25,27)/t18-/m0/s1. The lowest BCUT2D eigenvalue weighted by Gasteiger charge is -2.26. The molecule has 28 heavy (non-hydrogen) atoms. The Labute approximate surface area is 166 Å². The summed E-state index contributed by atoms with van der Waals surface area (Å²) in [6, 6.07) is 17.2. The number of piperidine rings is 1. The summed E-state index contributed by atoms with van der Waals surface area (Å²) >= 11 is 0. The monoisotopic (exact) mass is 377 g/mol. The molecule has 0 radical (unpaired) electrons. The van der Waals surface area contributed by atoms with Crippen molar-refractivity contribution >= 4 is 5.91 Å². The number of benzene rings is 2. The third-order valence-electron chi connectivity index (χ3n) is 5.01. The van der Waals surface area contributed by atoms with Gasteiger partial charge in [0.05, 0.1) is 11.6 Å². The smallest absolute Gasteiger partial charge is 0.261 e. The van der Waals surface area contributed by atoms with E-state index in [4.69, 9.17) is 10.00 Å². The molecule has 5 nitrogen and oxygen atoms in total. The molecular formula is C23H27N3O2. The molecule has 0 saturated carbocycles. The largest absolute Gasteiger partial charge is 0.481 e. The van der Waals surface area contributed by atoms with Gasteiger partial charge in [-0.05, 0) is 68.2 Å². The molecule has 0 bridgehead atoms. The summed E-state index contributed by atoms with van der Waals surface area (Å²) < 4.78 is 5.64. The van der Waals surface area contributed by atoms with Crippen LogP contribution < -0.4 is 10.1 Å². The highest BCUT2D eigenvalue weighted by atomic mass is 16.5. The van der Waals surface area contributed by atoms with Gasteiger partial charge in [-0.2, -0.15) is 5.26 Å². The quantitative estimate of drug-likeness (QED) is 0.800. The molecule has 5 heteroatoms. The van der Waals surface area contributed by atoms with Crippen LogP contribution in [0, 0.1) is 11.3 Å². The highest BCUT2D eigenvalue weighted by molar-refractivity contribution is 5.80. The normalized spacial score (nSPS) is 15.4. The predicted octanol–water partition coefficient (Wildman–Crippen LogP) is 3.63. The van der Waals surface area contributed by atoms with Crippen LogP contribution in [0.15, 0.2) is 48.5 Å². The van der Waals surface area contributed by atoms with Crippen LogP contribution in [-0.2, 0) is 17.9 Å². The van der Waals surface area contributed by atoms with Gasteiger partial charge in [0, 0.05) is 13.1 Å². The van der Waals surface area contributed by atoms with E-state index in [1.807, 2.05) is 0 Å². The zero-order valence-electron chi connectivity index (χ0n) is 16.4. The van der Waals surface area contributed by atoms with Crippen LogP contribution in [0.3, 0.4) is 0 Å². The molecule has 1 aliphatic heterocycles. The van der Waals surface area contributed by atoms with Gasteiger partial charge in [-0.1, -0.05) is 30.7 Å². The molecule has 1 atom stereocenters. The average Bonchev–Trinajstić information content (AvgIpc) is 2.74. The lowest BCUT2D eigenvalue weighted by Crippen LogP contribution is -2.35. The van der Waals surface area contributed by atoms with E-state index in [0.29, 0.717) is 17.9 Å². The van der Waals surface area contributed by atoms with E-state index in [1.54, 1.807) is 31.2 Å². The van der Waals surface area contributed by atoms with E-state index in [-0.39, 0.29) is 5.91 Å². The fourth-order valence-corrected chi connectivity index (χ4v) is 3.34. The van der Waals surface area contributed by atoms with Gasteiger partial charge in [-0.25, -0.2) is 0 Å². The first-order valence-electron chi connectivity index (χ1n) is 9.89. The van der Waals surface area contributed by atoms with Gasteiger partial charge in [0.1, 0.15) is 5.75 Å². The van der Waals surface area contributed by atoms with Crippen LogP contribution in [0.4, 0.5) is 0 Å². The van der Waals surface area contributed by atoms with Gasteiger partial charge in [-0.15, -0.1) is 0 Å². The minimum absolute atomic E-state index is 0.165. The summed E-state index contributed by atoms with van der Waals surface area (Å²) in [7, 11) is 0. The van der Waals surface area contributed by atoms with Crippen molar-refractivity contribution in [2.75, 3.05) is 13.1 Å². The minimum atomic E-state index is -0.605. The molecule has 1 fully saturated rings. The minimum Gasteiger partial charge on any atom is -0.481 e. The highest BCUT2D eigenvalue weighted by Crippen LogP contribution is 2.15. The first-order chi connectivity index (χ1) is 13.6. The maximum absolute atomic E-state index is 12.3. The first-order valence-corrected chi connectivity index (χ1v) is 9.89. The summed E-state index contributed by atoms with van der Waals surface area (Å²) in [5.41, 5.74) is 2.95. The number of amides is 1. The van der Waals surface area contributed by atoms with Crippen LogP contribution in [0.25, 0.3) is 0 Å². The van der Waals surface area contributed by atoms with Gasteiger partial charge in [0.2, 0.25) is 0 Å². The number of likely N-dealkylation sites (tertiary alicyclic amines) is 1. The van der Waals surface area contributed by atoms with E-state index in [9.17, 15) is 4.79 Å². The Balaban J connectivity index is 1.44. The number of carbonyl (C=O) groups is 1. The Morgan fingerprint density at radius 2 is 1.71 bits per heavy atom. The number of nitriles is 1. The van der Waals surface area contributed by atoms with Crippen molar-refractivity contribution in [2.24, 2.45) is 0 Å². The van der Waals surface area contributed by atoms with Crippen LogP contribution in [0.1, 0.15) is 42.9 Å². The second-order valence-corrected chi connectivity index (χ2v) is 7.27. The molecule has 1 amide bonds. The molecular weight excluding hydrogens is 350 g/mol. The number of hydrogen-bond donors (Lipinski definition) is 1. The molecule has 0 spiro atoms. The first kappa shape index (κ1) is 19.9. The summed E-state index contributed by atoms with van der Waals surface area (Å²) in [6.07, 6.45) is 3.34. The third-order valence-corrected chi connectivity index (χ3v) is 5.01. The Hall–Kier alpha value is -2.84. The topological polar surface area (TPSA) is 65.4 Å². The SMILES string of the molecule is C[C@H](Oc1ccc(C#N)cc1)C(=O)NCc1ccc(CN2CCCCC2)cc1. The molecule has 146 valence electrons. The van der Waals surface area contributed by atoms with Gasteiger partial charge < -0.3 is 10.1 Å². The van der Waals surface area contributed by atoms with Crippen molar-refractivity contribution in [3.63, 3.8) is 0 Å². The van der Waals surface area contributed by atoms with Crippen LogP contribution in [-0.4, -0.2) is 30.0 Å². The van der Waals surface area contributed by atoms with Crippen LogP contribution >= 0.6 is 0 Å². The number of rotatable bonds is 7. The summed E-state index contributed by atoms with van der Waals surface area (Å²) in [6.45, 7) is 5.57. The van der Waals surface area contributed by atoms with Crippen molar-refractivity contribution in [1.82, 2.24) is 10.2 Å². The Morgan fingerprint density at radius 1 is 1.07 bits per heavy atom. The van der Waals surface area contributed by atoms with Crippen molar-refractivity contribution in [2.45, 2.75) is 45.4 Å². The zero-order valence-corrected chi connectivity index (χ0v) is 16.4. The van der Waals surface area contributed by atoms with Gasteiger partial charge >= 0.3 is 0 Å².